The molecule has 2 aromatic heterocycles. The summed E-state index contributed by atoms with van der Waals surface area (Å²) in [6.45, 7) is 13.2. The fourth-order valence-electron chi connectivity index (χ4n) is 4.28. The molecule has 1 aliphatic rings. The number of anilines is 1. The van der Waals surface area contributed by atoms with Crippen LogP contribution in [0.1, 0.15) is 66.2 Å². The fraction of sp³-hybridized carbons (Fsp3) is 0.429. The van der Waals surface area contributed by atoms with Crippen molar-refractivity contribution in [2.24, 2.45) is 5.92 Å². The van der Waals surface area contributed by atoms with Crippen LogP contribution in [0.25, 0.3) is 0 Å². The van der Waals surface area contributed by atoms with Crippen molar-refractivity contribution in [1.82, 2.24) is 14.9 Å². The van der Waals surface area contributed by atoms with Gasteiger partial charge in [-0.25, -0.2) is 9.97 Å². The number of carbonyl (C=O) groups is 2. The zero-order valence-corrected chi connectivity index (χ0v) is 23.5. The van der Waals surface area contributed by atoms with Crippen LogP contribution < -0.4 is 5.32 Å². The molecule has 9 heteroatoms. The van der Waals surface area contributed by atoms with E-state index < -0.39 is 0 Å². The van der Waals surface area contributed by atoms with E-state index in [0.29, 0.717) is 22.9 Å². The van der Waals surface area contributed by atoms with Gasteiger partial charge in [0.05, 0.1) is 27.4 Å². The van der Waals surface area contributed by atoms with E-state index >= 15 is 0 Å². The first-order valence-electron chi connectivity index (χ1n) is 12.5. The Bertz CT molecular complexity index is 1270. The molecule has 0 radical (unpaired) electrons. The highest BCUT2D eigenvalue weighted by atomic mass is 32.2. The zero-order valence-electron chi connectivity index (χ0n) is 21.9. The van der Waals surface area contributed by atoms with E-state index in [9.17, 15) is 9.59 Å². The highest BCUT2D eigenvalue weighted by molar-refractivity contribution is 8.00. The lowest BCUT2D eigenvalue weighted by Gasteiger charge is -2.32. The monoisotopic (exact) mass is 538 g/mol. The lowest BCUT2D eigenvalue weighted by atomic mass is 9.94. The van der Waals surface area contributed by atoms with Crippen LogP contribution in [-0.4, -0.2) is 39.8 Å². The topological polar surface area (TPSA) is 88.3 Å². The summed E-state index contributed by atoms with van der Waals surface area (Å²) in [5.74, 6) is 2.46. The number of oxazole rings is 1. The molecule has 3 heterocycles. The number of thioether (sulfide) groups is 1. The zero-order chi connectivity index (χ0) is 26.6. The smallest absolute Gasteiger partial charge is 0.253 e. The number of hydrogen-bond donors (Lipinski definition) is 1. The number of carbonyl (C=O) groups excluding carboxylic acids is 2. The Kier molecular flexibility index (Phi) is 8.54. The predicted molar refractivity (Wildman–Crippen MR) is 149 cm³/mol. The minimum atomic E-state index is -0.267. The second-order valence-electron chi connectivity index (χ2n) is 10.4. The second kappa shape index (κ2) is 11.6. The van der Waals surface area contributed by atoms with Gasteiger partial charge in [0.2, 0.25) is 11.8 Å². The molecular formula is C28H34N4O3S2. The molecule has 2 amide bonds. The van der Waals surface area contributed by atoms with Gasteiger partial charge in [0, 0.05) is 36.2 Å². The molecule has 0 bridgehead atoms. The lowest BCUT2D eigenvalue weighted by Crippen LogP contribution is -2.40. The van der Waals surface area contributed by atoms with E-state index in [1.807, 2.05) is 30.3 Å². The molecule has 1 fully saturated rings. The van der Waals surface area contributed by atoms with Crippen LogP contribution in [0, 0.1) is 12.8 Å². The van der Waals surface area contributed by atoms with Gasteiger partial charge in [0.25, 0.3) is 5.91 Å². The third kappa shape index (κ3) is 7.11. The summed E-state index contributed by atoms with van der Waals surface area (Å²) in [5.41, 5.74) is 2.13. The number of nitrogens with one attached hydrogen (secondary N) is 1. The maximum absolute atomic E-state index is 13.2. The molecule has 4 rings (SSSR count). The average molecular weight is 539 g/mol. The molecule has 1 saturated heterocycles. The molecule has 0 saturated carbocycles. The number of rotatable bonds is 8. The minimum absolute atomic E-state index is 0.0327. The third-order valence-corrected chi connectivity index (χ3v) is 8.55. The highest BCUT2D eigenvalue weighted by Gasteiger charge is 2.26. The van der Waals surface area contributed by atoms with Crippen LogP contribution in [0.3, 0.4) is 0 Å². The summed E-state index contributed by atoms with van der Waals surface area (Å²) >= 11 is 3.41. The van der Waals surface area contributed by atoms with E-state index in [2.05, 4.69) is 42.6 Å². The van der Waals surface area contributed by atoms with E-state index in [4.69, 9.17) is 4.42 Å². The van der Waals surface area contributed by atoms with Crippen molar-refractivity contribution in [2.75, 3.05) is 18.4 Å². The molecule has 37 heavy (non-hydrogen) atoms. The summed E-state index contributed by atoms with van der Waals surface area (Å²) < 4.78 is 7.04. The summed E-state index contributed by atoms with van der Waals surface area (Å²) in [6.07, 6.45) is 7.92. The van der Waals surface area contributed by atoms with E-state index in [1.165, 1.54) is 6.08 Å². The van der Waals surface area contributed by atoms with Crippen molar-refractivity contribution in [3.8, 4) is 0 Å². The van der Waals surface area contributed by atoms with Gasteiger partial charge in [-0.1, -0.05) is 27.4 Å². The largest absolute Gasteiger partial charge is 0.444 e. The normalized spacial score (nSPS) is 16.0. The molecule has 0 spiro atoms. The third-order valence-electron chi connectivity index (χ3n) is 6.35. The average Bonchev–Trinajstić information content (AvgIpc) is 3.53. The fourth-order valence-corrected chi connectivity index (χ4v) is 6.27. The van der Waals surface area contributed by atoms with Crippen LogP contribution in [0.4, 0.5) is 5.69 Å². The van der Waals surface area contributed by atoms with Crippen molar-refractivity contribution < 1.29 is 14.0 Å². The van der Waals surface area contributed by atoms with Crippen molar-refractivity contribution in [3.05, 3.63) is 71.0 Å². The number of piperidine rings is 1. The second-order valence-corrected chi connectivity index (χ2v) is 12.8. The molecule has 196 valence electrons. The quantitative estimate of drug-likeness (QED) is 0.269. The first-order valence-corrected chi connectivity index (χ1v) is 14.3. The van der Waals surface area contributed by atoms with Gasteiger partial charge in [-0.15, -0.1) is 23.1 Å². The Morgan fingerprint density at radius 1 is 1.30 bits per heavy atom. The van der Waals surface area contributed by atoms with Crippen molar-refractivity contribution in [2.45, 2.75) is 62.3 Å². The van der Waals surface area contributed by atoms with Gasteiger partial charge in [-0.2, -0.15) is 0 Å². The molecule has 1 N–H and O–H groups in total. The van der Waals surface area contributed by atoms with E-state index in [0.717, 1.165) is 58.8 Å². The van der Waals surface area contributed by atoms with E-state index in [-0.39, 0.29) is 17.2 Å². The van der Waals surface area contributed by atoms with Gasteiger partial charge >= 0.3 is 0 Å². The number of benzene rings is 1. The Morgan fingerprint density at radius 3 is 2.81 bits per heavy atom. The van der Waals surface area contributed by atoms with Crippen molar-refractivity contribution in [1.29, 1.82) is 0 Å². The molecule has 3 aromatic rings. The molecule has 1 aromatic carbocycles. The van der Waals surface area contributed by atoms with Crippen molar-refractivity contribution in [3.63, 3.8) is 0 Å². The molecule has 0 aliphatic carbocycles. The lowest BCUT2D eigenvalue weighted by molar-refractivity contribution is -0.111. The first-order chi connectivity index (χ1) is 17.6. The summed E-state index contributed by atoms with van der Waals surface area (Å²) in [5, 5.41) is 3.87. The Labute approximate surface area is 226 Å². The van der Waals surface area contributed by atoms with Crippen LogP contribution in [0.15, 0.2) is 51.9 Å². The number of thiazole rings is 1. The molecule has 7 nitrogen and oxygen atoms in total. The van der Waals surface area contributed by atoms with Crippen LogP contribution in [0.5, 0.6) is 0 Å². The molecule has 1 atom stereocenters. The van der Waals surface area contributed by atoms with E-state index in [1.54, 1.807) is 35.2 Å². The number of nitrogens with zero attached hydrogens (tertiary/aromatic N) is 3. The Hall–Kier alpha value is -2.91. The number of aromatic nitrogens is 2. The summed E-state index contributed by atoms with van der Waals surface area (Å²) in [6, 6.07) is 5.40. The summed E-state index contributed by atoms with van der Waals surface area (Å²) in [4.78, 5) is 35.8. The van der Waals surface area contributed by atoms with Crippen LogP contribution >= 0.6 is 23.1 Å². The molecule has 1 unspecified atom stereocenters. The van der Waals surface area contributed by atoms with Gasteiger partial charge in [-0.05, 0) is 55.5 Å². The van der Waals surface area contributed by atoms with Gasteiger partial charge in [-0.3, -0.25) is 9.59 Å². The number of hydrogen-bond acceptors (Lipinski definition) is 7. The standard InChI is InChI=1S/C28H34N4O3S2/c1-6-23(33)31-21-10-9-20(12-18(21)2)27(34)32-11-7-8-19(16-32)13-25-30-15-26(37-25)36-17-24-29-14-22(35-24)28(3,4)5/h6,9-10,12,14-15,19H,1,7-8,11,13,16-17H2,2-5H3,(H,31,33). The van der Waals surface area contributed by atoms with Gasteiger partial charge in [0.15, 0.2) is 0 Å². The highest BCUT2D eigenvalue weighted by Crippen LogP contribution is 2.32. The minimum Gasteiger partial charge on any atom is -0.444 e. The summed E-state index contributed by atoms with van der Waals surface area (Å²) in [7, 11) is 0. The maximum atomic E-state index is 13.2. The Balaban J connectivity index is 1.31. The predicted octanol–water partition coefficient (Wildman–Crippen LogP) is 6.25. The number of amides is 2. The number of aryl methyl sites for hydroxylation is 1. The van der Waals surface area contributed by atoms with Crippen LogP contribution in [0.2, 0.25) is 0 Å². The SMILES string of the molecule is C=CC(=O)Nc1ccc(C(=O)N2CCCC(Cc3ncc(SCc4ncc(C(C)(C)C)o4)s3)C2)cc1C. The molecular weight excluding hydrogens is 504 g/mol. The number of likely N-dealkylation sites (tertiary alicyclic amines) is 1. The Morgan fingerprint density at radius 2 is 2.11 bits per heavy atom. The van der Waals surface area contributed by atoms with Gasteiger partial charge in [0.1, 0.15) is 5.76 Å². The maximum Gasteiger partial charge on any atom is 0.253 e. The van der Waals surface area contributed by atoms with Crippen LogP contribution in [-0.2, 0) is 22.4 Å². The van der Waals surface area contributed by atoms with Gasteiger partial charge < -0.3 is 14.6 Å². The first kappa shape index (κ1) is 27.1. The molecule has 1 aliphatic heterocycles. The van der Waals surface area contributed by atoms with Crippen molar-refractivity contribution >= 4 is 40.6 Å².